The Hall–Kier alpha value is 0.460. The first-order chi connectivity index (χ1) is 4.58. The average molecular weight is 189 g/mol. The molecule has 0 unspecified atom stereocenters. The molecule has 0 aromatic heterocycles. The van der Waals surface area contributed by atoms with Crippen LogP contribution in [0.3, 0.4) is 0 Å². The van der Waals surface area contributed by atoms with Gasteiger partial charge in [-0.3, -0.25) is 0 Å². The number of methoxy groups -OCH3 is 2. The maximum absolute atomic E-state index is 8.60. The summed E-state index contributed by atoms with van der Waals surface area (Å²) in [4.78, 5) is 0. The Labute approximate surface area is 69.8 Å². The second kappa shape index (κ2) is 4.36. The van der Waals surface area contributed by atoms with Crippen molar-refractivity contribution in [1.82, 2.24) is 0 Å². The van der Waals surface area contributed by atoms with Crippen molar-refractivity contribution in [2.75, 3.05) is 20.8 Å². The molecule has 0 aliphatic carbocycles. The fourth-order valence-corrected chi connectivity index (χ4v) is 0.872. The largest absolute Gasteiger partial charge is 0.393 e. The lowest BCUT2D eigenvalue weighted by Gasteiger charge is -2.24. The minimum atomic E-state index is -1.39. The summed E-state index contributed by atoms with van der Waals surface area (Å²) in [5, 5.41) is 8.60. The number of hydrogen-bond acceptors (Lipinski definition) is 3. The van der Waals surface area contributed by atoms with E-state index in [0.29, 0.717) is 0 Å². The van der Waals surface area contributed by atoms with Crippen molar-refractivity contribution in [3.8, 4) is 0 Å². The van der Waals surface area contributed by atoms with Crippen LogP contribution in [0, 0.1) is 0 Å². The summed E-state index contributed by atoms with van der Waals surface area (Å²) in [5.41, 5.74) is 0. The van der Waals surface area contributed by atoms with Crippen LogP contribution in [0.5, 0.6) is 0 Å². The molecule has 0 aliphatic heterocycles. The van der Waals surface area contributed by atoms with Gasteiger partial charge >= 0.3 is 0 Å². The van der Waals surface area contributed by atoms with E-state index in [0.717, 1.165) is 0 Å². The van der Waals surface area contributed by atoms with Crippen molar-refractivity contribution >= 4 is 23.2 Å². The van der Waals surface area contributed by atoms with E-state index in [2.05, 4.69) is 0 Å². The third kappa shape index (κ3) is 2.60. The maximum Gasteiger partial charge on any atom is 0.192 e. The van der Waals surface area contributed by atoms with Gasteiger partial charge in [-0.1, -0.05) is 23.2 Å². The van der Waals surface area contributed by atoms with Gasteiger partial charge in [0, 0.05) is 14.2 Å². The molecule has 5 heteroatoms. The fraction of sp³-hybridized carbons (Fsp3) is 1.00. The first-order valence-electron chi connectivity index (χ1n) is 2.62. The Morgan fingerprint density at radius 2 is 1.80 bits per heavy atom. The van der Waals surface area contributed by atoms with Crippen LogP contribution in [0.1, 0.15) is 0 Å². The quantitative estimate of drug-likeness (QED) is 0.524. The van der Waals surface area contributed by atoms with Gasteiger partial charge in [-0.2, -0.15) is 0 Å². The molecule has 0 atom stereocenters. The summed E-state index contributed by atoms with van der Waals surface area (Å²) in [5.74, 6) is 0. The van der Waals surface area contributed by atoms with Gasteiger partial charge in [0.05, 0.1) is 6.61 Å². The Kier molecular flexibility index (Phi) is 4.56. The number of alkyl halides is 2. The zero-order valence-electron chi connectivity index (χ0n) is 5.80. The molecule has 3 nitrogen and oxygen atoms in total. The van der Waals surface area contributed by atoms with Gasteiger partial charge in [0.1, 0.15) is 0 Å². The summed E-state index contributed by atoms with van der Waals surface area (Å²) < 4.78 is 8.03. The van der Waals surface area contributed by atoms with E-state index in [1.807, 2.05) is 0 Å². The van der Waals surface area contributed by atoms with Crippen molar-refractivity contribution in [2.45, 2.75) is 10.6 Å². The first-order valence-corrected chi connectivity index (χ1v) is 3.38. The Bertz CT molecular complexity index is 92.9. The monoisotopic (exact) mass is 188 g/mol. The summed E-state index contributed by atoms with van der Waals surface area (Å²) in [6.07, 6.45) is -0.805. The maximum atomic E-state index is 8.60. The minimum absolute atomic E-state index is 0.414. The number of hydrogen-bond donors (Lipinski definition) is 1. The van der Waals surface area contributed by atoms with Gasteiger partial charge < -0.3 is 14.6 Å². The molecule has 0 amide bonds. The highest BCUT2D eigenvalue weighted by Gasteiger charge is 2.34. The van der Waals surface area contributed by atoms with E-state index in [4.69, 9.17) is 37.8 Å². The van der Waals surface area contributed by atoms with Gasteiger partial charge in [-0.15, -0.1) is 0 Å². The highest BCUT2D eigenvalue weighted by Crippen LogP contribution is 2.26. The van der Waals surface area contributed by atoms with Gasteiger partial charge in [0.25, 0.3) is 0 Å². The average Bonchev–Trinajstić information content (AvgIpc) is 1.90. The molecule has 1 N–H and O–H groups in total. The molecule has 0 rings (SSSR count). The lowest BCUT2D eigenvalue weighted by atomic mass is 10.4. The minimum Gasteiger partial charge on any atom is -0.393 e. The van der Waals surface area contributed by atoms with Crippen molar-refractivity contribution in [2.24, 2.45) is 0 Å². The zero-order chi connectivity index (χ0) is 8.20. The van der Waals surface area contributed by atoms with Crippen molar-refractivity contribution in [3.05, 3.63) is 0 Å². The number of halogens is 2. The van der Waals surface area contributed by atoms with E-state index >= 15 is 0 Å². The number of ether oxygens (including phenoxy) is 2. The molecule has 0 fully saturated rings. The number of aliphatic hydroxyl groups is 1. The molecule has 0 bridgehead atoms. The second-order valence-corrected chi connectivity index (χ2v) is 3.26. The smallest absolute Gasteiger partial charge is 0.192 e. The summed E-state index contributed by atoms with van der Waals surface area (Å²) >= 11 is 11.1. The van der Waals surface area contributed by atoms with Crippen LogP contribution < -0.4 is 0 Å². The Morgan fingerprint density at radius 1 is 1.40 bits per heavy atom. The molecule has 0 saturated carbocycles. The van der Waals surface area contributed by atoms with E-state index in [1.54, 1.807) is 0 Å². The van der Waals surface area contributed by atoms with E-state index in [-0.39, 0.29) is 0 Å². The van der Waals surface area contributed by atoms with Crippen LogP contribution in [0.4, 0.5) is 0 Å². The Balaban J connectivity index is 3.97. The molecule has 0 aromatic carbocycles. The van der Waals surface area contributed by atoms with Crippen molar-refractivity contribution < 1.29 is 14.6 Å². The zero-order valence-corrected chi connectivity index (χ0v) is 7.32. The van der Waals surface area contributed by atoms with E-state index in [1.165, 1.54) is 14.2 Å². The topological polar surface area (TPSA) is 38.7 Å². The lowest BCUT2D eigenvalue weighted by molar-refractivity contribution is -0.117. The SMILES string of the molecule is COC(OC)C(Cl)(Cl)CO. The van der Waals surface area contributed by atoms with Crippen LogP contribution in [0.15, 0.2) is 0 Å². The van der Waals surface area contributed by atoms with Crippen molar-refractivity contribution in [3.63, 3.8) is 0 Å². The van der Waals surface area contributed by atoms with Crippen LogP contribution in [-0.2, 0) is 9.47 Å². The molecule has 0 aliphatic rings. The summed E-state index contributed by atoms with van der Waals surface area (Å²) in [6.45, 7) is -0.414. The predicted molar refractivity (Wildman–Crippen MR) is 39.3 cm³/mol. The van der Waals surface area contributed by atoms with Crippen LogP contribution in [0.2, 0.25) is 0 Å². The number of aliphatic hydroxyl groups excluding tert-OH is 1. The Morgan fingerprint density at radius 3 is 1.90 bits per heavy atom. The third-order valence-electron chi connectivity index (χ3n) is 0.984. The van der Waals surface area contributed by atoms with E-state index < -0.39 is 17.2 Å². The normalized spacial score (nSPS) is 12.6. The third-order valence-corrected chi connectivity index (χ3v) is 1.58. The second-order valence-electron chi connectivity index (χ2n) is 1.72. The first kappa shape index (κ1) is 10.5. The van der Waals surface area contributed by atoms with E-state index in [9.17, 15) is 0 Å². The van der Waals surface area contributed by atoms with Gasteiger partial charge in [-0.25, -0.2) is 0 Å². The van der Waals surface area contributed by atoms with Gasteiger partial charge in [-0.05, 0) is 0 Å². The molecule has 0 radical (unpaired) electrons. The standard InChI is InChI=1S/C5H10Cl2O3/c1-9-4(10-2)5(6,7)3-8/h4,8H,3H2,1-2H3. The summed E-state index contributed by atoms with van der Waals surface area (Å²) in [7, 11) is 2.78. The molecule has 0 heterocycles. The lowest BCUT2D eigenvalue weighted by Crippen LogP contribution is -2.37. The molecule has 0 spiro atoms. The van der Waals surface area contributed by atoms with Crippen LogP contribution >= 0.6 is 23.2 Å². The molecular formula is C5H10Cl2O3. The van der Waals surface area contributed by atoms with Crippen LogP contribution in [0.25, 0.3) is 0 Å². The van der Waals surface area contributed by atoms with Gasteiger partial charge in [0.15, 0.2) is 10.6 Å². The van der Waals surface area contributed by atoms with Crippen molar-refractivity contribution in [1.29, 1.82) is 0 Å². The molecular weight excluding hydrogens is 179 g/mol. The summed E-state index contributed by atoms with van der Waals surface area (Å²) in [6, 6.07) is 0. The molecule has 0 saturated heterocycles. The predicted octanol–water partition coefficient (Wildman–Crippen LogP) is 0.772. The van der Waals surface area contributed by atoms with Gasteiger partial charge in [0.2, 0.25) is 0 Å². The number of rotatable bonds is 4. The molecule has 10 heavy (non-hydrogen) atoms. The molecule has 0 aromatic rings. The molecule has 62 valence electrons. The highest BCUT2D eigenvalue weighted by atomic mass is 35.5. The van der Waals surface area contributed by atoms with Crippen LogP contribution in [-0.4, -0.2) is 36.6 Å². The fourth-order valence-electron chi connectivity index (χ4n) is 0.516. The highest BCUT2D eigenvalue weighted by molar-refractivity contribution is 6.48.